The van der Waals surface area contributed by atoms with Crippen molar-refractivity contribution in [2.24, 2.45) is 5.92 Å². The van der Waals surface area contributed by atoms with Gasteiger partial charge in [-0.2, -0.15) is 0 Å². The molecule has 2 aromatic carbocycles. The smallest absolute Gasteiger partial charge is 0.242 e. The second kappa shape index (κ2) is 13.0. The molecule has 4 nitrogen and oxygen atoms in total. The fourth-order valence-electron chi connectivity index (χ4n) is 3.09. The van der Waals surface area contributed by atoms with E-state index in [2.05, 4.69) is 5.32 Å². The van der Waals surface area contributed by atoms with Crippen LogP contribution in [0.3, 0.4) is 0 Å². The average molecular weight is 481 g/mol. The zero-order valence-corrected chi connectivity index (χ0v) is 20.6. The quantitative estimate of drug-likeness (QED) is 0.441. The Morgan fingerprint density at radius 3 is 2.35 bits per heavy atom. The lowest BCUT2D eigenvalue weighted by Crippen LogP contribution is -2.50. The zero-order valence-electron chi connectivity index (χ0n) is 18.2. The predicted octanol–water partition coefficient (Wildman–Crippen LogP) is 5.81. The van der Waals surface area contributed by atoms with Crippen LogP contribution in [0.15, 0.2) is 48.5 Å². The highest BCUT2D eigenvalue weighted by Gasteiger charge is 2.28. The molecule has 0 aliphatic heterocycles. The maximum absolute atomic E-state index is 13.2. The van der Waals surface area contributed by atoms with Crippen molar-refractivity contribution < 1.29 is 9.59 Å². The Morgan fingerprint density at radius 2 is 1.74 bits per heavy atom. The highest BCUT2D eigenvalue weighted by Crippen LogP contribution is 2.24. The van der Waals surface area contributed by atoms with Crippen LogP contribution in [-0.4, -0.2) is 35.1 Å². The van der Waals surface area contributed by atoms with E-state index in [4.69, 9.17) is 23.2 Å². The van der Waals surface area contributed by atoms with Crippen molar-refractivity contribution in [2.75, 3.05) is 12.3 Å². The van der Waals surface area contributed by atoms with Crippen molar-refractivity contribution in [1.29, 1.82) is 0 Å². The van der Waals surface area contributed by atoms with Gasteiger partial charge in [0.05, 0.1) is 15.8 Å². The van der Waals surface area contributed by atoms with Crippen LogP contribution in [0.25, 0.3) is 0 Å². The Kier molecular flexibility index (Phi) is 10.7. The lowest BCUT2D eigenvalue weighted by Gasteiger charge is -2.31. The minimum Gasteiger partial charge on any atom is -0.354 e. The molecule has 1 N–H and O–H groups in total. The molecule has 1 atom stereocenters. The summed E-state index contributed by atoms with van der Waals surface area (Å²) in [6.45, 7) is 6.88. The van der Waals surface area contributed by atoms with Gasteiger partial charge >= 0.3 is 0 Å². The second-order valence-corrected chi connectivity index (χ2v) is 9.61. The van der Waals surface area contributed by atoms with Crippen molar-refractivity contribution >= 4 is 46.8 Å². The summed E-state index contributed by atoms with van der Waals surface area (Å²) >= 11 is 13.8. The number of carbonyl (C=O) groups excluding carboxylic acids is 2. The molecule has 168 valence electrons. The summed E-state index contributed by atoms with van der Waals surface area (Å²) < 4.78 is 0. The van der Waals surface area contributed by atoms with Gasteiger partial charge in [-0.1, -0.05) is 80.4 Å². The number of hydrogen-bond acceptors (Lipinski definition) is 3. The monoisotopic (exact) mass is 480 g/mol. The van der Waals surface area contributed by atoms with Crippen LogP contribution >= 0.6 is 35.0 Å². The van der Waals surface area contributed by atoms with Crippen molar-refractivity contribution in [3.8, 4) is 0 Å². The summed E-state index contributed by atoms with van der Waals surface area (Å²) in [5, 5.41) is 3.86. The molecule has 0 saturated carbocycles. The van der Waals surface area contributed by atoms with Crippen molar-refractivity contribution in [1.82, 2.24) is 10.2 Å². The first-order chi connectivity index (χ1) is 14.8. The number of amides is 2. The van der Waals surface area contributed by atoms with Crippen LogP contribution in [0.4, 0.5) is 0 Å². The lowest BCUT2D eigenvalue weighted by molar-refractivity contribution is -0.139. The van der Waals surface area contributed by atoms with Crippen LogP contribution in [0, 0.1) is 5.92 Å². The van der Waals surface area contributed by atoms with Crippen LogP contribution in [-0.2, 0) is 21.9 Å². The molecular weight excluding hydrogens is 451 g/mol. The molecule has 7 heteroatoms. The standard InChI is InChI=1S/C24H30Cl2N2O2S/c1-4-22(24(30)27-13-17(2)3)28(14-19-10-11-20(25)21(26)12-19)23(29)16-31-15-18-8-6-5-7-9-18/h5-12,17,22H,4,13-16H2,1-3H3,(H,27,30)/t22-/m0/s1. The molecule has 0 bridgehead atoms. The molecule has 0 aromatic heterocycles. The number of thioether (sulfide) groups is 1. The molecule has 0 unspecified atom stereocenters. The highest BCUT2D eigenvalue weighted by molar-refractivity contribution is 7.99. The summed E-state index contributed by atoms with van der Waals surface area (Å²) in [5.41, 5.74) is 2.00. The molecule has 0 aliphatic rings. The van der Waals surface area contributed by atoms with E-state index in [1.165, 1.54) is 0 Å². The number of rotatable bonds is 11. The Labute approximate surface area is 199 Å². The van der Waals surface area contributed by atoms with E-state index in [-0.39, 0.29) is 11.8 Å². The topological polar surface area (TPSA) is 49.4 Å². The summed E-state index contributed by atoms with van der Waals surface area (Å²) in [6, 6.07) is 14.8. The Bertz CT molecular complexity index is 862. The number of halogens is 2. The fourth-order valence-corrected chi connectivity index (χ4v) is 4.28. The normalized spacial score (nSPS) is 11.9. The predicted molar refractivity (Wildman–Crippen MR) is 132 cm³/mol. The van der Waals surface area contributed by atoms with E-state index in [1.54, 1.807) is 28.8 Å². The minimum atomic E-state index is -0.543. The molecule has 2 aromatic rings. The number of nitrogens with one attached hydrogen (secondary N) is 1. The summed E-state index contributed by atoms with van der Waals surface area (Å²) in [7, 11) is 0. The molecule has 0 fully saturated rings. The highest BCUT2D eigenvalue weighted by atomic mass is 35.5. The second-order valence-electron chi connectivity index (χ2n) is 7.81. The largest absolute Gasteiger partial charge is 0.354 e. The molecule has 31 heavy (non-hydrogen) atoms. The molecule has 0 heterocycles. The van der Waals surface area contributed by atoms with Gasteiger partial charge in [-0.05, 0) is 35.6 Å². The average Bonchev–Trinajstić information content (AvgIpc) is 2.75. The van der Waals surface area contributed by atoms with Gasteiger partial charge in [-0.25, -0.2) is 0 Å². The van der Waals surface area contributed by atoms with Gasteiger partial charge in [0, 0.05) is 18.8 Å². The van der Waals surface area contributed by atoms with Crippen LogP contribution in [0.2, 0.25) is 10.0 Å². The van der Waals surface area contributed by atoms with E-state index in [0.717, 1.165) is 16.9 Å². The van der Waals surface area contributed by atoms with Crippen LogP contribution < -0.4 is 5.32 Å². The zero-order chi connectivity index (χ0) is 22.8. The minimum absolute atomic E-state index is 0.0708. The first-order valence-corrected chi connectivity index (χ1v) is 12.4. The maximum Gasteiger partial charge on any atom is 0.242 e. The third-order valence-corrected chi connectivity index (χ3v) is 6.47. The van der Waals surface area contributed by atoms with Crippen LogP contribution in [0.5, 0.6) is 0 Å². The molecule has 0 spiro atoms. The van der Waals surface area contributed by atoms with Crippen molar-refractivity contribution in [3.05, 3.63) is 69.7 Å². The summed E-state index contributed by atoms with van der Waals surface area (Å²) in [6.07, 6.45) is 0.528. The van der Waals surface area contributed by atoms with Gasteiger partial charge in [0.25, 0.3) is 0 Å². The molecule has 0 saturated heterocycles. The maximum atomic E-state index is 13.2. The summed E-state index contributed by atoms with van der Waals surface area (Å²) in [4.78, 5) is 27.7. The molecule has 2 rings (SSSR count). The van der Waals surface area contributed by atoms with E-state index >= 15 is 0 Å². The third kappa shape index (κ3) is 8.40. The van der Waals surface area contributed by atoms with Gasteiger partial charge in [0.15, 0.2) is 0 Å². The lowest BCUT2D eigenvalue weighted by atomic mass is 10.1. The number of benzene rings is 2. The van der Waals surface area contributed by atoms with Gasteiger partial charge in [-0.3, -0.25) is 9.59 Å². The Balaban J connectivity index is 2.15. The summed E-state index contributed by atoms with van der Waals surface area (Å²) in [5.74, 6) is 1.17. The number of carbonyl (C=O) groups is 2. The molecule has 2 amide bonds. The van der Waals surface area contributed by atoms with Crippen LogP contribution in [0.1, 0.15) is 38.3 Å². The van der Waals surface area contributed by atoms with E-state index in [1.807, 2.05) is 57.2 Å². The third-order valence-electron chi connectivity index (χ3n) is 4.74. The Morgan fingerprint density at radius 1 is 1.03 bits per heavy atom. The van der Waals surface area contributed by atoms with Gasteiger partial charge < -0.3 is 10.2 Å². The Hall–Kier alpha value is -1.69. The van der Waals surface area contributed by atoms with Crippen molar-refractivity contribution in [2.45, 2.75) is 45.5 Å². The first kappa shape index (κ1) is 25.6. The van der Waals surface area contributed by atoms with Gasteiger partial charge in [-0.15, -0.1) is 11.8 Å². The van der Waals surface area contributed by atoms with E-state index < -0.39 is 6.04 Å². The molecule has 0 aliphatic carbocycles. The number of hydrogen-bond donors (Lipinski definition) is 1. The van der Waals surface area contributed by atoms with Crippen molar-refractivity contribution in [3.63, 3.8) is 0 Å². The first-order valence-electron chi connectivity index (χ1n) is 10.4. The fraction of sp³-hybridized carbons (Fsp3) is 0.417. The number of nitrogens with zero attached hydrogens (tertiary/aromatic N) is 1. The SMILES string of the molecule is CC[C@@H](C(=O)NCC(C)C)N(Cc1ccc(Cl)c(Cl)c1)C(=O)CSCc1ccccc1. The molecular formula is C24H30Cl2N2O2S. The van der Waals surface area contributed by atoms with E-state index in [0.29, 0.717) is 41.2 Å². The molecule has 0 radical (unpaired) electrons. The van der Waals surface area contributed by atoms with Gasteiger partial charge in [0.2, 0.25) is 11.8 Å². The van der Waals surface area contributed by atoms with E-state index in [9.17, 15) is 9.59 Å². The van der Waals surface area contributed by atoms with Gasteiger partial charge in [0.1, 0.15) is 6.04 Å².